The molecule has 0 atom stereocenters. The molecule has 1 aliphatic carbocycles. The minimum atomic E-state index is 0.111. The van der Waals surface area contributed by atoms with Crippen molar-refractivity contribution in [2.75, 3.05) is 11.9 Å². The van der Waals surface area contributed by atoms with Crippen LogP contribution < -0.4 is 10.6 Å². The highest BCUT2D eigenvalue weighted by Gasteiger charge is 2.26. The largest absolute Gasteiger partial charge is 0.355 e. The second-order valence-electron chi connectivity index (χ2n) is 6.71. The minimum Gasteiger partial charge on any atom is -0.355 e. The van der Waals surface area contributed by atoms with Gasteiger partial charge in [-0.15, -0.1) is 0 Å². The Hall–Kier alpha value is -2.44. The third kappa shape index (κ3) is 4.78. The summed E-state index contributed by atoms with van der Waals surface area (Å²) in [4.78, 5) is 20.7. The van der Waals surface area contributed by atoms with Crippen LogP contribution in [0.25, 0.3) is 0 Å². The topological polar surface area (TPSA) is 84.7 Å². The van der Waals surface area contributed by atoms with Crippen LogP contribution >= 0.6 is 0 Å². The Morgan fingerprint density at radius 2 is 1.96 bits per heavy atom. The van der Waals surface area contributed by atoms with E-state index in [2.05, 4.69) is 31.8 Å². The van der Waals surface area contributed by atoms with Gasteiger partial charge < -0.3 is 10.6 Å². The van der Waals surface area contributed by atoms with Crippen molar-refractivity contribution >= 4 is 11.9 Å². The summed E-state index contributed by atoms with van der Waals surface area (Å²) < 4.78 is 1.86. The fourth-order valence-electron chi connectivity index (χ4n) is 3.27. The van der Waals surface area contributed by atoms with Crippen LogP contribution in [0.5, 0.6) is 0 Å². The molecule has 2 heterocycles. The molecule has 1 amide bonds. The fourth-order valence-corrected chi connectivity index (χ4v) is 3.27. The molecule has 0 aromatic carbocycles. The summed E-state index contributed by atoms with van der Waals surface area (Å²) in [7, 11) is 1.93. The summed E-state index contributed by atoms with van der Waals surface area (Å²) in [5.41, 5.74) is 2.16. The zero-order valence-corrected chi connectivity index (χ0v) is 14.9. The van der Waals surface area contributed by atoms with E-state index in [1.54, 1.807) is 18.5 Å². The lowest BCUT2D eigenvalue weighted by atomic mass is 9.85. The second-order valence-corrected chi connectivity index (χ2v) is 6.71. The van der Waals surface area contributed by atoms with Crippen LogP contribution in [0, 0.1) is 12.8 Å². The van der Waals surface area contributed by atoms with Gasteiger partial charge in [-0.2, -0.15) is 5.10 Å². The maximum Gasteiger partial charge on any atom is 0.223 e. The van der Waals surface area contributed by atoms with E-state index in [0.717, 1.165) is 43.5 Å². The van der Waals surface area contributed by atoms with Gasteiger partial charge in [-0.25, -0.2) is 9.97 Å². The Bertz CT molecular complexity index is 671. The number of hydrogen-bond donors (Lipinski definition) is 2. The molecule has 25 heavy (non-hydrogen) atoms. The Kier molecular flexibility index (Phi) is 5.63. The molecule has 2 aromatic rings. The van der Waals surface area contributed by atoms with Crippen molar-refractivity contribution in [3.05, 3.63) is 35.9 Å². The standard InChI is InChI=1S/C18H26N6O/c1-13-12-16(23-24(13)2)8-11-19-17(25)14-4-6-15(7-5-14)22-18-20-9-3-10-21-18/h3,9-10,12,14-15H,4-8,11H2,1-2H3,(H,19,25)(H,20,21,22). The Morgan fingerprint density at radius 1 is 1.24 bits per heavy atom. The first-order valence-corrected chi connectivity index (χ1v) is 8.92. The number of amides is 1. The first kappa shape index (κ1) is 17.4. The van der Waals surface area contributed by atoms with Crippen molar-refractivity contribution in [2.45, 2.75) is 45.1 Å². The summed E-state index contributed by atoms with van der Waals surface area (Å²) in [6.45, 7) is 2.67. The molecule has 0 radical (unpaired) electrons. The van der Waals surface area contributed by atoms with E-state index in [-0.39, 0.29) is 11.8 Å². The van der Waals surface area contributed by atoms with E-state index in [4.69, 9.17) is 0 Å². The Morgan fingerprint density at radius 3 is 2.60 bits per heavy atom. The molecule has 2 N–H and O–H groups in total. The summed E-state index contributed by atoms with van der Waals surface area (Å²) in [5, 5.41) is 10.8. The molecular weight excluding hydrogens is 316 g/mol. The Labute approximate surface area is 148 Å². The van der Waals surface area contributed by atoms with Crippen molar-refractivity contribution in [3.8, 4) is 0 Å². The van der Waals surface area contributed by atoms with Crippen molar-refractivity contribution in [1.82, 2.24) is 25.1 Å². The van der Waals surface area contributed by atoms with Crippen LogP contribution in [-0.2, 0) is 18.3 Å². The first-order chi connectivity index (χ1) is 12.1. The number of anilines is 1. The van der Waals surface area contributed by atoms with Crippen LogP contribution in [0.4, 0.5) is 5.95 Å². The van der Waals surface area contributed by atoms with Crippen LogP contribution in [0.15, 0.2) is 24.5 Å². The van der Waals surface area contributed by atoms with E-state index in [1.807, 2.05) is 18.7 Å². The van der Waals surface area contributed by atoms with Crippen LogP contribution in [0.1, 0.15) is 37.1 Å². The number of hydrogen-bond acceptors (Lipinski definition) is 5. The molecule has 7 heteroatoms. The lowest BCUT2D eigenvalue weighted by Gasteiger charge is -2.28. The van der Waals surface area contributed by atoms with Gasteiger partial charge in [0.1, 0.15) is 0 Å². The molecule has 0 spiro atoms. The Balaban J connectivity index is 1.38. The van der Waals surface area contributed by atoms with Crippen LogP contribution in [0.3, 0.4) is 0 Å². The molecule has 3 rings (SSSR count). The van der Waals surface area contributed by atoms with Crippen molar-refractivity contribution in [3.63, 3.8) is 0 Å². The molecule has 2 aromatic heterocycles. The maximum absolute atomic E-state index is 12.3. The number of nitrogens with one attached hydrogen (secondary N) is 2. The zero-order chi connectivity index (χ0) is 17.6. The number of aromatic nitrogens is 4. The fraction of sp³-hybridized carbons (Fsp3) is 0.556. The third-order valence-corrected chi connectivity index (χ3v) is 4.84. The highest BCUT2D eigenvalue weighted by Crippen LogP contribution is 2.26. The number of aryl methyl sites for hydroxylation is 2. The first-order valence-electron chi connectivity index (χ1n) is 8.92. The molecule has 0 saturated heterocycles. The molecule has 0 unspecified atom stereocenters. The van der Waals surface area contributed by atoms with Gasteiger partial charge >= 0.3 is 0 Å². The highest BCUT2D eigenvalue weighted by atomic mass is 16.1. The molecule has 0 aliphatic heterocycles. The lowest BCUT2D eigenvalue weighted by molar-refractivity contribution is -0.125. The zero-order valence-electron chi connectivity index (χ0n) is 14.9. The summed E-state index contributed by atoms with van der Waals surface area (Å²) in [6.07, 6.45) is 7.98. The van der Waals surface area contributed by atoms with Crippen molar-refractivity contribution < 1.29 is 4.79 Å². The van der Waals surface area contributed by atoms with E-state index < -0.39 is 0 Å². The van der Waals surface area contributed by atoms with Crippen LogP contribution in [-0.4, -0.2) is 38.2 Å². The second kappa shape index (κ2) is 8.09. The number of carbonyl (C=O) groups excluding carboxylic acids is 1. The highest BCUT2D eigenvalue weighted by molar-refractivity contribution is 5.78. The molecule has 1 aliphatic rings. The van der Waals surface area contributed by atoms with Gasteiger partial charge in [-0.05, 0) is 44.7 Å². The molecular formula is C18H26N6O. The monoisotopic (exact) mass is 342 g/mol. The summed E-state index contributed by atoms with van der Waals surface area (Å²) in [6, 6.07) is 4.22. The van der Waals surface area contributed by atoms with E-state index in [9.17, 15) is 4.79 Å². The van der Waals surface area contributed by atoms with Gasteiger partial charge in [0, 0.05) is 50.1 Å². The van der Waals surface area contributed by atoms with Gasteiger partial charge in [-0.1, -0.05) is 0 Å². The van der Waals surface area contributed by atoms with Gasteiger partial charge in [0.15, 0.2) is 0 Å². The van der Waals surface area contributed by atoms with E-state index in [1.165, 1.54) is 0 Å². The maximum atomic E-state index is 12.3. The summed E-state index contributed by atoms with van der Waals surface area (Å²) in [5.74, 6) is 0.948. The van der Waals surface area contributed by atoms with Gasteiger partial charge in [0.05, 0.1) is 5.69 Å². The van der Waals surface area contributed by atoms with Crippen molar-refractivity contribution in [2.24, 2.45) is 13.0 Å². The van der Waals surface area contributed by atoms with E-state index >= 15 is 0 Å². The smallest absolute Gasteiger partial charge is 0.223 e. The number of rotatable bonds is 6. The normalized spacial score (nSPS) is 20.2. The third-order valence-electron chi connectivity index (χ3n) is 4.84. The number of carbonyl (C=O) groups is 1. The average molecular weight is 342 g/mol. The van der Waals surface area contributed by atoms with Crippen LogP contribution in [0.2, 0.25) is 0 Å². The predicted molar refractivity (Wildman–Crippen MR) is 96.1 cm³/mol. The van der Waals surface area contributed by atoms with Crippen molar-refractivity contribution in [1.29, 1.82) is 0 Å². The molecule has 1 fully saturated rings. The van der Waals surface area contributed by atoms with E-state index in [0.29, 0.717) is 18.5 Å². The minimum absolute atomic E-state index is 0.111. The van der Waals surface area contributed by atoms with Gasteiger partial charge in [0.2, 0.25) is 11.9 Å². The predicted octanol–water partition coefficient (Wildman–Crippen LogP) is 1.85. The molecule has 134 valence electrons. The summed E-state index contributed by atoms with van der Waals surface area (Å²) >= 11 is 0. The lowest BCUT2D eigenvalue weighted by Crippen LogP contribution is -2.36. The molecule has 0 bridgehead atoms. The van der Waals surface area contributed by atoms with Gasteiger partial charge in [0.25, 0.3) is 0 Å². The quantitative estimate of drug-likeness (QED) is 0.837. The van der Waals surface area contributed by atoms with Gasteiger partial charge in [-0.3, -0.25) is 9.48 Å². The molecule has 1 saturated carbocycles. The average Bonchev–Trinajstić information content (AvgIpc) is 2.94. The SMILES string of the molecule is Cc1cc(CCNC(=O)C2CCC(Nc3ncccn3)CC2)nn1C. The number of nitrogens with zero attached hydrogens (tertiary/aromatic N) is 4. The molecule has 7 nitrogen and oxygen atoms in total.